The lowest BCUT2D eigenvalue weighted by Gasteiger charge is -2.33. The molecule has 8 heteroatoms. The topological polar surface area (TPSA) is 80.4 Å². The van der Waals surface area contributed by atoms with Crippen molar-refractivity contribution in [3.8, 4) is 0 Å². The molecule has 0 radical (unpaired) electrons. The van der Waals surface area contributed by atoms with Crippen molar-refractivity contribution in [2.24, 2.45) is 7.05 Å². The van der Waals surface area contributed by atoms with Crippen molar-refractivity contribution in [2.75, 3.05) is 18.0 Å². The van der Waals surface area contributed by atoms with Gasteiger partial charge in [0.15, 0.2) is 5.65 Å². The van der Waals surface area contributed by atoms with Crippen LogP contribution in [0.2, 0.25) is 0 Å². The van der Waals surface area contributed by atoms with Gasteiger partial charge in [-0.15, -0.1) is 0 Å². The highest BCUT2D eigenvalue weighted by atomic mass is 16.2. The van der Waals surface area contributed by atoms with E-state index in [9.17, 15) is 4.79 Å². The van der Waals surface area contributed by atoms with E-state index in [0.29, 0.717) is 5.69 Å². The summed E-state index contributed by atoms with van der Waals surface area (Å²) in [6, 6.07) is 6.06. The van der Waals surface area contributed by atoms with E-state index in [-0.39, 0.29) is 11.9 Å². The number of rotatable bonds is 3. The third kappa shape index (κ3) is 3.39. The van der Waals surface area contributed by atoms with Crippen molar-refractivity contribution < 1.29 is 4.79 Å². The van der Waals surface area contributed by atoms with Crippen LogP contribution in [0.1, 0.15) is 40.4 Å². The summed E-state index contributed by atoms with van der Waals surface area (Å²) < 4.78 is 3.64. The van der Waals surface area contributed by atoms with Gasteiger partial charge in [0.25, 0.3) is 5.91 Å². The van der Waals surface area contributed by atoms with Crippen LogP contribution in [0.4, 0.5) is 5.82 Å². The number of aryl methyl sites for hydroxylation is 4. The molecule has 1 aliphatic heterocycles. The molecule has 1 fully saturated rings. The van der Waals surface area contributed by atoms with Gasteiger partial charge < -0.3 is 10.2 Å². The Morgan fingerprint density at radius 3 is 2.48 bits per heavy atom. The van der Waals surface area contributed by atoms with Crippen LogP contribution in [0.3, 0.4) is 0 Å². The summed E-state index contributed by atoms with van der Waals surface area (Å²) in [7, 11) is 1.85. The van der Waals surface area contributed by atoms with Gasteiger partial charge in [0.05, 0.1) is 5.69 Å². The summed E-state index contributed by atoms with van der Waals surface area (Å²) >= 11 is 0. The number of hydrogen-bond donors (Lipinski definition) is 1. The lowest BCUT2D eigenvalue weighted by molar-refractivity contribution is 0.0925. The molecule has 3 aromatic rings. The molecule has 1 saturated heterocycles. The van der Waals surface area contributed by atoms with Crippen LogP contribution in [-0.2, 0) is 7.05 Å². The van der Waals surface area contributed by atoms with E-state index in [1.165, 1.54) is 0 Å². The number of anilines is 1. The van der Waals surface area contributed by atoms with Crippen LogP contribution < -0.4 is 10.2 Å². The second-order valence-corrected chi connectivity index (χ2v) is 7.34. The number of nitrogens with one attached hydrogen (secondary N) is 1. The maximum absolute atomic E-state index is 12.4. The van der Waals surface area contributed by atoms with Crippen molar-refractivity contribution in [1.29, 1.82) is 0 Å². The Morgan fingerprint density at radius 2 is 1.81 bits per heavy atom. The quantitative estimate of drug-likeness (QED) is 0.763. The van der Waals surface area contributed by atoms with E-state index in [0.717, 1.165) is 54.5 Å². The molecule has 0 aromatic carbocycles. The van der Waals surface area contributed by atoms with E-state index >= 15 is 0 Å². The minimum absolute atomic E-state index is 0.0954. The van der Waals surface area contributed by atoms with E-state index in [1.54, 1.807) is 4.68 Å². The summed E-state index contributed by atoms with van der Waals surface area (Å²) in [6.07, 6.45) is 1.78. The highest BCUT2D eigenvalue weighted by molar-refractivity contribution is 5.92. The van der Waals surface area contributed by atoms with Crippen LogP contribution in [0.5, 0.6) is 0 Å². The van der Waals surface area contributed by atoms with Crippen LogP contribution in [-0.4, -0.2) is 49.4 Å². The van der Waals surface area contributed by atoms with Gasteiger partial charge in [-0.05, 0) is 39.7 Å². The Balaban J connectivity index is 1.44. The first kappa shape index (κ1) is 17.5. The maximum atomic E-state index is 12.4. The zero-order valence-electron chi connectivity index (χ0n) is 16.2. The Kier molecular flexibility index (Phi) is 4.33. The average molecular weight is 367 g/mol. The first-order chi connectivity index (χ1) is 12.9. The molecule has 1 aliphatic rings. The molecule has 142 valence electrons. The molecule has 0 unspecified atom stereocenters. The SMILES string of the molecule is Cc1cc(N2CCC(NC(=O)c3cc(C)n(C)n3)CC2)n2nc(C)cc2n1. The molecule has 27 heavy (non-hydrogen) atoms. The summed E-state index contributed by atoms with van der Waals surface area (Å²) in [6.45, 7) is 7.66. The lowest BCUT2D eigenvalue weighted by atomic mass is 10.0. The lowest BCUT2D eigenvalue weighted by Crippen LogP contribution is -2.45. The third-order valence-electron chi connectivity index (χ3n) is 5.16. The monoisotopic (exact) mass is 367 g/mol. The molecule has 0 atom stereocenters. The fourth-order valence-corrected chi connectivity index (χ4v) is 3.60. The molecular formula is C19H25N7O. The Hall–Kier alpha value is -2.90. The standard InChI is InChI=1S/C19H25N7O/c1-12-10-18(26-17(20-12)9-13(2)22-26)25-7-5-15(6-8-25)21-19(27)16-11-14(3)24(4)23-16/h9-11,15H,5-8H2,1-4H3,(H,21,27). The summed E-state index contributed by atoms with van der Waals surface area (Å²) in [5, 5.41) is 12.0. The molecule has 0 aliphatic carbocycles. The first-order valence-electron chi connectivity index (χ1n) is 9.31. The Bertz CT molecular complexity index is 976. The number of carbonyl (C=O) groups excluding carboxylic acids is 1. The van der Waals surface area contributed by atoms with Crippen molar-refractivity contribution in [3.05, 3.63) is 41.0 Å². The van der Waals surface area contributed by atoms with Gasteiger partial charge in [-0.3, -0.25) is 9.48 Å². The smallest absolute Gasteiger partial charge is 0.272 e. The second kappa shape index (κ2) is 6.68. The van der Waals surface area contributed by atoms with Crippen molar-refractivity contribution >= 4 is 17.4 Å². The molecule has 1 amide bonds. The molecule has 4 heterocycles. The van der Waals surface area contributed by atoms with Crippen LogP contribution in [0.15, 0.2) is 18.2 Å². The van der Waals surface area contributed by atoms with Crippen LogP contribution >= 0.6 is 0 Å². The maximum Gasteiger partial charge on any atom is 0.272 e. The molecule has 4 rings (SSSR count). The first-order valence-corrected chi connectivity index (χ1v) is 9.31. The normalized spacial score (nSPS) is 15.5. The number of fused-ring (bicyclic) bond motifs is 1. The predicted molar refractivity (Wildman–Crippen MR) is 103 cm³/mol. The van der Waals surface area contributed by atoms with Gasteiger partial charge in [-0.2, -0.15) is 14.7 Å². The number of hydrogen-bond acceptors (Lipinski definition) is 5. The summed E-state index contributed by atoms with van der Waals surface area (Å²) in [5.41, 5.74) is 4.28. The molecule has 0 spiro atoms. The summed E-state index contributed by atoms with van der Waals surface area (Å²) in [5.74, 6) is 0.970. The third-order valence-corrected chi connectivity index (χ3v) is 5.16. The molecule has 0 saturated carbocycles. The van der Waals surface area contributed by atoms with Gasteiger partial charge in [-0.1, -0.05) is 0 Å². The van der Waals surface area contributed by atoms with Gasteiger partial charge in [0.2, 0.25) is 0 Å². The Labute approximate surface area is 158 Å². The predicted octanol–water partition coefficient (Wildman–Crippen LogP) is 1.79. The van der Waals surface area contributed by atoms with Crippen molar-refractivity contribution in [2.45, 2.75) is 39.7 Å². The molecule has 1 N–H and O–H groups in total. The fraction of sp³-hybridized carbons (Fsp3) is 0.474. The van der Waals surface area contributed by atoms with Crippen molar-refractivity contribution in [3.63, 3.8) is 0 Å². The highest BCUT2D eigenvalue weighted by Gasteiger charge is 2.24. The zero-order valence-corrected chi connectivity index (χ0v) is 16.2. The largest absolute Gasteiger partial charge is 0.356 e. The van der Waals surface area contributed by atoms with Gasteiger partial charge in [0.1, 0.15) is 11.5 Å². The number of amides is 1. The van der Waals surface area contributed by atoms with Gasteiger partial charge in [0, 0.05) is 49.7 Å². The number of piperidine rings is 1. The molecule has 8 nitrogen and oxygen atoms in total. The van der Waals surface area contributed by atoms with Crippen LogP contribution in [0, 0.1) is 20.8 Å². The van der Waals surface area contributed by atoms with E-state index in [4.69, 9.17) is 0 Å². The van der Waals surface area contributed by atoms with E-state index in [1.807, 2.05) is 44.5 Å². The molecule has 0 bridgehead atoms. The number of carbonyl (C=O) groups is 1. The second-order valence-electron chi connectivity index (χ2n) is 7.34. The van der Waals surface area contributed by atoms with Crippen LogP contribution in [0.25, 0.3) is 5.65 Å². The number of aromatic nitrogens is 5. The highest BCUT2D eigenvalue weighted by Crippen LogP contribution is 2.22. The Morgan fingerprint density at radius 1 is 1.07 bits per heavy atom. The van der Waals surface area contributed by atoms with Gasteiger partial charge >= 0.3 is 0 Å². The minimum Gasteiger partial charge on any atom is -0.356 e. The van der Waals surface area contributed by atoms with E-state index < -0.39 is 0 Å². The van der Waals surface area contributed by atoms with Gasteiger partial charge in [-0.25, -0.2) is 4.98 Å². The molecular weight excluding hydrogens is 342 g/mol. The van der Waals surface area contributed by atoms with E-state index in [2.05, 4.69) is 31.5 Å². The zero-order chi connectivity index (χ0) is 19.1. The average Bonchev–Trinajstić information content (AvgIpc) is 3.16. The van der Waals surface area contributed by atoms with Crippen molar-refractivity contribution in [1.82, 2.24) is 29.7 Å². The minimum atomic E-state index is -0.0954. The summed E-state index contributed by atoms with van der Waals surface area (Å²) in [4.78, 5) is 19.3. The number of nitrogens with zero attached hydrogens (tertiary/aromatic N) is 6. The fourth-order valence-electron chi connectivity index (χ4n) is 3.60. The molecule has 3 aromatic heterocycles.